The zero-order chi connectivity index (χ0) is 16.0. The molecule has 0 aliphatic heterocycles. The molecule has 113 valence electrons. The largest absolute Gasteiger partial charge is 0.135 e. The second-order valence-electron chi connectivity index (χ2n) is 5.97. The predicted octanol–water partition coefficient (Wildman–Crippen LogP) is 6.34. The van der Waals surface area contributed by atoms with Gasteiger partial charge in [-0.1, -0.05) is 66.3 Å². The molecule has 3 heteroatoms. The topological polar surface area (TPSA) is 0 Å². The Morgan fingerprint density at radius 2 is 1.61 bits per heavy atom. The lowest BCUT2D eigenvalue weighted by molar-refractivity contribution is 1.69. The quantitative estimate of drug-likeness (QED) is 0.370. The molecule has 1 radical (unpaired) electrons. The molecule has 0 unspecified atom stereocenters. The van der Waals surface area contributed by atoms with Gasteiger partial charge in [-0.15, -0.1) is 11.3 Å². The van der Waals surface area contributed by atoms with Crippen LogP contribution in [0.5, 0.6) is 0 Å². The van der Waals surface area contributed by atoms with Crippen LogP contribution in [0.15, 0.2) is 60.7 Å². The van der Waals surface area contributed by atoms with Crippen LogP contribution < -0.4 is 5.19 Å². The van der Waals surface area contributed by atoms with Gasteiger partial charge in [-0.05, 0) is 35.4 Å². The van der Waals surface area contributed by atoms with Crippen molar-refractivity contribution in [2.45, 2.75) is 13.1 Å². The van der Waals surface area contributed by atoms with Crippen LogP contribution in [0.4, 0.5) is 0 Å². The Balaban J connectivity index is 2.11. The van der Waals surface area contributed by atoms with Gasteiger partial charge in [0.2, 0.25) is 0 Å². The Bertz CT molecular complexity index is 1020. The summed E-state index contributed by atoms with van der Waals surface area (Å²) in [5, 5.41) is 4.97. The van der Waals surface area contributed by atoms with Crippen LogP contribution >= 0.6 is 22.9 Å². The highest BCUT2D eigenvalue weighted by Crippen LogP contribution is 2.39. The zero-order valence-electron chi connectivity index (χ0n) is 13.1. The molecule has 0 saturated carbocycles. The molecule has 4 rings (SSSR count). The number of fused-ring (bicyclic) bond motifs is 3. The van der Waals surface area contributed by atoms with Gasteiger partial charge in [-0.3, -0.25) is 0 Å². The van der Waals surface area contributed by atoms with Crippen molar-refractivity contribution in [3.8, 4) is 11.1 Å². The van der Waals surface area contributed by atoms with E-state index in [0.29, 0.717) is 0 Å². The lowest BCUT2D eigenvalue weighted by Crippen LogP contribution is -2.24. The summed E-state index contributed by atoms with van der Waals surface area (Å²) in [6.45, 7) is 4.65. The van der Waals surface area contributed by atoms with Gasteiger partial charge in [0.15, 0.2) is 0 Å². The molecule has 0 nitrogen and oxygen atoms in total. The minimum Gasteiger partial charge on any atom is -0.135 e. The maximum Gasteiger partial charge on any atom is 0.0800 e. The molecule has 1 heterocycles. The summed E-state index contributed by atoms with van der Waals surface area (Å²) in [6.07, 6.45) is 0. The summed E-state index contributed by atoms with van der Waals surface area (Å²) in [4.78, 5) is 0. The Morgan fingerprint density at radius 1 is 0.826 bits per heavy atom. The van der Waals surface area contributed by atoms with Crippen LogP contribution in [0.1, 0.15) is 0 Å². The van der Waals surface area contributed by atoms with Gasteiger partial charge in [-0.2, -0.15) is 0 Å². The van der Waals surface area contributed by atoms with Gasteiger partial charge in [0.05, 0.1) is 8.80 Å². The standard InChI is InChI=1S/C20H16ClSSi/c1-23(2)19-12-13(21)10-11-14(19)15-7-5-9-18-20(15)16-6-3-4-8-17(16)22-18/h3-12H,1-2H3. The maximum atomic E-state index is 6.26. The van der Waals surface area contributed by atoms with E-state index >= 15 is 0 Å². The molecule has 3 aromatic carbocycles. The van der Waals surface area contributed by atoms with Gasteiger partial charge >= 0.3 is 0 Å². The molecule has 0 bridgehead atoms. The molecule has 0 amide bonds. The van der Waals surface area contributed by atoms with Crippen molar-refractivity contribution >= 4 is 57.1 Å². The second kappa shape index (κ2) is 5.79. The average Bonchev–Trinajstić information content (AvgIpc) is 2.93. The molecule has 0 aliphatic rings. The Morgan fingerprint density at radius 3 is 2.43 bits per heavy atom. The Labute approximate surface area is 147 Å². The van der Waals surface area contributed by atoms with Crippen LogP contribution in [-0.2, 0) is 0 Å². The zero-order valence-corrected chi connectivity index (χ0v) is 15.6. The van der Waals surface area contributed by atoms with E-state index in [1.54, 1.807) is 0 Å². The number of benzene rings is 3. The van der Waals surface area contributed by atoms with E-state index in [4.69, 9.17) is 11.6 Å². The van der Waals surface area contributed by atoms with Crippen molar-refractivity contribution in [3.63, 3.8) is 0 Å². The molecule has 0 saturated heterocycles. The van der Waals surface area contributed by atoms with E-state index in [1.807, 2.05) is 17.4 Å². The van der Waals surface area contributed by atoms with Crippen molar-refractivity contribution < 1.29 is 0 Å². The van der Waals surface area contributed by atoms with Gasteiger partial charge < -0.3 is 0 Å². The summed E-state index contributed by atoms with van der Waals surface area (Å²) >= 11 is 8.13. The van der Waals surface area contributed by atoms with Gasteiger partial charge in [0, 0.05) is 25.2 Å². The highest BCUT2D eigenvalue weighted by atomic mass is 35.5. The van der Waals surface area contributed by atoms with E-state index in [0.717, 1.165) is 5.02 Å². The minimum absolute atomic E-state index is 0.596. The molecule has 1 aromatic heterocycles. The van der Waals surface area contributed by atoms with E-state index < -0.39 is 8.80 Å². The van der Waals surface area contributed by atoms with E-state index in [2.05, 4.69) is 67.7 Å². The lowest BCUT2D eigenvalue weighted by atomic mass is 9.99. The van der Waals surface area contributed by atoms with E-state index in [1.165, 1.54) is 36.5 Å². The summed E-state index contributed by atoms with van der Waals surface area (Å²) in [5.41, 5.74) is 2.67. The van der Waals surface area contributed by atoms with Crippen molar-refractivity contribution in [2.75, 3.05) is 0 Å². The molecular formula is C20H16ClSSi. The molecule has 0 spiro atoms. The first-order valence-electron chi connectivity index (χ1n) is 7.66. The molecule has 4 aromatic rings. The summed E-state index contributed by atoms with van der Waals surface area (Å²) in [6, 6.07) is 21.7. The van der Waals surface area contributed by atoms with Gasteiger partial charge in [0.25, 0.3) is 0 Å². The highest BCUT2D eigenvalue weighted by molar-refractivity contribution is 7.25. The van der Waals surface area contributed by atoms with Crippen molar-refractivity contribution in [2.24, 2.45) is 0 Å². The average molecular weight is 352 g/mol. The second-order valence-corrected chi connectivity index (χ2v) is 10.0. The fourth-order valence-electron chi connectivity index (χ4n) is 3.16. The number of thiophene rings is 1. The van der Waals surface area contributed by atoms with E-state index in [9.17, 15) is 0 Å². The maximum absolute atomic E-state index is 6.26. The molecule has 0 atom stereocenters. The third-order valence-electron chi connectivity index (χ3n) is 4.21. The Kier molecular flexibility index (Phi) is 3.76. The van der Waals surface area contributed by atoms with Crippen LogP contribution in [-0.4, -0.2) is 8.80 Å². The first-order valence-corrected chi connectivity index (χ1v) is 11.4. The number of halogens is 1. The molecule has 0 aliphatic carbocycles. The van der Waals surface area contributed by atoms with Gasteiger partial charge in [-0.25, -0.2) is 0 Å². The van der Waals surface area contributed by atoms with Crippen molar-refractivity contribution in [1.82, 2.24) is 0 Å². The SMILES string of the molecule is C[Si](C)c1cc(Cl)ccc1-c1cccc2sc3ccccc3c12. The molecular weight excluding hydrogens is 336 g/mol. The fraction of sp³-hybridized carbons (Fsp3) is 0.100. The van der Waals surface area contributed by atoms with Crippen molar-refractivity contribution in [3.05, 3.63) is 65.7 Å². The van der Waals surface area contributed by atoms with Crippen LogP contribution in [0.2, 0.25) is 18.1 Å². The van der Waals surface area contributed by atoms with Crippen LogP contribution in [0.25, 0.3) is 31.3 Å². The van der Waals surface area contributed by atoms with Crippen LogP contribution in [0.3, 0.4) is 0 Å². The van der Waals surface area contributed by atoms with Crippen LogP contribution in [0, 0.1) is 0 Å². The highest BCUT2D eigenvalue weighted by Gasteiger charge is 2.15. The molecule has 23 heavy (non-hydrogen) atoms. The summed E-state index contributed by atoms with van der Waals surface area (Å²) < 4.78 is 2.70. The smallest absolute Gasteiger partial charge is 0.0800 e. The summed E-state index contributed by atoms with van der Waals surface area (Å²) in [7, 11) is -0.596. The predicted molar refractivity (Wildman–Crippen MR) is 107 cm³/mol. The third kappa shape index (κ3) is 2.51. The number of rotatable bonds is 2. The fourth-order valence-corrected chi connectivity index (χ4v) is 5.76. The Hall–Kier alpha value is -1.61. The minimum atomic E-state index is -0.596. The monoisotopic (exact) mass is 351 g/mol. The molecule has 0 N–H and O–H groups in total. The first-order chi connectivity index (χ1) is 11.1. The van der Waals surface area contributed by atoms with E-state index in [-0.39, 0.29) is 0 Å². The first kappa shape index (κ1) is 14.9. The number of hydrogen-bond donors (Lipinski definition) is 0. The van der Waals surface area contributed by atoms with Crippen molar-refractivity contribution in [1.29, 1.82) is 0 Å². The lowest BCUT2D eigenvalue weighted by Gasteiger charge is -2.14. The molecule has 0 fully saturated rings. The normalized spacial score (nSPS) is 11.7. The number of hydrogen-bond acceptors (Lipinski definition) is 1. The summed E-state index contributed by atoms with van der Waals surface area (Å²) in [5.74, 6) is 0. The third-order valence-corrected chi connectivity index (χ3v) is 7.08. The van der Waals surface area contributed by atoms with Gasteiger partial charge in [0.1, 0.15) is 0 Å².